The number of aromatic nitrogens is 3. The maximum atomic E-state index is 5.97. The lowest BCUT2D eigenvalue weighted by Gasteiger charge is -2.12. The van der Waals surface area contributed by atoms with Gasteiger partial charge in [-0.1, -0.05) is 41.9 Å². The first-order chi connectivity index (χ1) is 11.6. The quantitative estimate of drug-likeness (QED) is 0.590. The van der Waals surface area contributed by atoms with Gasteiger partial charge in [0.05, 0.1) is 22.3 Å². The van der Waals surface area contributed by atoms with Gasteiger partial charge in [-0.25, -0.2) is 4.98 Å². The minimum Gasteiger partial charge on any atom is -0.380 e. The Morgan fingerprint density at radius 1 is 1.08 bits per heavy atom. The number of anilines is 1. The maximum Gasteiger partial charge on any atom is 0.160 e. The van der Waals surface area contributed by atoms with Crippen LogP contribution in [0.15, 0.2) is 48.5 Å². The molecule has 0 bridgehead atoms. The van der Waals surface area contributed by atoms with Crippen LogP contribution in [0.1, 0.15) is 11.3 Å². The summed E-state index contributed by atoms with van der Waals surface area (Å²) in [7, 11) is 1.93. The van der Waals surface area contributed by atoms with Crippen molar-refractivity contribution in [3.63, 3.8) is 0 Å². The monoisotopic (exact) mass is 336 g/mol. The van der Waals surface area contributed by atoms with E-state index in [9.17, 15) is 0 Å². The molecule has 2 heterocycles. The maximum absolute atomic E-state index is 5.97. The predicted molar refractivity (Wildman–Crippen MR) is 99.5 cm³/mol. The third-order valence-corrected chi connectivity index (χ3v) is 4.48. The lowest BCUT2D eigenvalue weighted by Crippen LogP contribution is -2.02. The van der Waals surface area contributed by atoms with Crippen molar-refractivity contribution in [1.29, 1.82) is 0 Å². The second-order valence-electron chi connectivity index (χ2n) is 5.89. The van der Waals surface area contributed by atoms with Gasteiger partial charge in [-0.15, -0.1) is 0 Å². The van der Waals surface area contributed by atoms with Gasteiger partial charge in [0, 0.05) is 24.0 Å². The molecule has 4 nitrogen and oxygen atoms in total. The van der Waals surface area contributed by atoms with Crippen molar-refractivity contribution in [3.05, 3.63) is 64.8 Å². The van der Waals surface area contributed by atoms with Crippen molar-refractivity contribution < 1.29 is 0 Å². The number of fused-ring (bicyclic) bond motifs is 2. The van der Waals surface area contributed by atoms with E-state index >= 15 is 0 Å². The summed E-state index contributed by atoms with van der Waals surface area (Å²) in [6, 6.07) is 16.1. The number of rotatable bonds is 3. The summed E-state index contributed by atoms with van der Waals surface area (Å²) in [6.45, 7) is 2.74. The van der Waals surface area contributed by atoms with Gasteiger partial charge in [0.2, 0.25) is 0 Å². The molecule has 2 aromatic heterocycles. The molecule has 0 amide bonds. The van der Waals surface area contributed by atoms with E-state index in [-0.39, 0.29) is 0 Å². The van der Waals surface area contributed by atoms with E-state index < -0.39 is 0 Å². The summed E-state index contributed by atoms with van der Waals surface area (Å²) in [5, 5.41) is 11.1. The third-order valence-electron chi connectivity index (χ3n) is 4.22. The number of halogens is 1. The summed E-state index contributed by atoms with van der Waals surface area (Å²) in [5.41, 5.74) is 5.09. The van der Waals surface area contributed by atoms with Gasteiger partial charge < -0.3 is 5.32 Å². The molecule has 1 N–H and O–H groups in total. The summed E-state index contributed by atoms with van der Waals surface area (Å²) in [6.07, 6.45) is 0. The van der Waals surface area contributed by atoms with Crippen LogP contribution in [0.4, 0.5) is 5.69 Å². The largest absolute Gasteiger partial charge is 0.380 e. The SMILES string of the molecule is Cc1nn(C)c2nc3ccccc3c(NCc3ccc(Cl)cc3)c12. The minimum absolute atomic E-state index is 0.717. The summed E-state index contributed by atoms with van der Waals surface area (Å²) in [5.74, 6) is 0. The van der Waals surface area contributed by atoms with Gasteiger partial charge >= 0.3 is 0 Å². The zero-order chi connectivity index (χ0) is 16.7. The first kappa shape index (κ1) is 15.0. The van der Waals surface area contributed by atoms with Crippen LogP contribution < -0.4 is 5.32 Å². The van der Waals surface area contributed by atoms with E-state index in [2.05, 4.69) is 16.5 Å². The Bertz CT molecular complexity index is 1030. The highest BCUT2D eigenvalue weighted by Crippen LogP contribution is 2.32. The van der Waals surface area contributed by atoms with Crippen LogP contribution in [0, 0.1) is 6.92 Å². The number of benzene rings is 2. The van der Waals surface area contributed by atoms with Crippen LogP contribution in [0.3, 0.4) is 0 Å². The summed E-state index contributed by atoms with van der Waals surface area (Å²) in [4.78, 5) is 4.77. The number of nitrogens with zero attached hydrogens (tertiary/aromatic N) is 3. The van der Waals surface area contributed by atoms with Gasteiger partial charge in [-0.3, -0.25) is 4.68 Å². The Balaban J connectivity index is 1.85. The fourth-order valence-electron chi connectivity index (χ4n) is 3.07. The van der Waals surface area contributed by atoms with Gasteiger partial charge in [0.25, 0.3) is 0 Å². The zero-order valence-electron chi connectivity index (χ0n) is 13.5. The molecule has 0 spiro atoms. The topological polar surface area (TPSA) is 42.7 Å². The van der Waals surface area contributed by atoms with Gasteiger partial charge in [-0.2, -0.15) is 5.10 Å². The number of para-hydroxylation sites is 1. The minimum atomic E-state index is 0.717. The highest BCUT2D eigenvalue weighted by molar-refractivity contribution is 6.30. The van der Waals surface area contributed by atoms with E-state index in [1.807, 2.05) is 61.1 Å². The Labute approximate surface area is 145 Å². The van der Waals surface area contributed by atoms with Crippen molar-refractivity contribution in [2.45, 2.75) is 13.5 Å². The molecule has 5 heteroatoms. The molecule has 0 aliphatic heterocycles. The van der Waals surface area contributed by atoms with Crippen molar-refractivity contribution in [1.82, 2.24) is 14.8 Å². The first-order valence-corrected chi connectivity index (χ1v) is 8.21. The van der Waals surface area contributed by atoms with Gasteiger partial charge in [0.15, 0.2) is 5.65 Å². The van der Waals surface area contributed by atoms with Gasteiger partial charge in [-0.05, 0) is 30.7 Å². The van der Waals surface area contributed by atoms with Gasteiger partial charge in [0.1, 0.15) is 0 Å². The normalized spacial score (nSPS) is 11.3. The predicted octanol–water partition coefficient (Wildman–Crippen LogP) is 4.70. The summed E-state index contributed by atoms with van der Waals surface area (Å²) < 4.78 is 1.84. The zero-order valence-corrected chi connectivity index (χ0v) is 14.3. The molecule has 4 rings (SSSR count). The Morgan fingerprint density at radius 2 is 1.83 bits per heavy atom. The van der Waals surface area contributed by atoms with Crippen molar-refractivity contribution in [3.8, 4) is 0 Å². The number of nitrogens with one attached hydrogen (secondary N) is 1. The third kappa shape index (κ3) is 2.49. The standard InChI is InChI=1S/C19H17ClN4/c1-12-17-18(21-11-13-7-9-14(20)10-8-13)15-5-3-4-6-16(15)22-19(17)24(2)23-12/h3-10H,11H2,1-2H3,(H,21,22). The molecule has 0 aliphatic carbocycles. The number of hydrogen-bond acceptors (Lipinski definition) is 3. The molecule has 24 heavy (non-hydrogen) atoms. The van der Waals surface area contributed by atoms with E-state index in [1.54, 1.807) is 0 Å². The number of pyridine rings is 1. The Kier molecular flexibility index (Phi) is 3.62. The van der Waals surface area contributed by atoms with E-state index in [4.69, 9.17) is 16.6 Å². The average molecular weight is 337 g/mol. The van der Waals surface area contributed by atoms with Crippen LogP contribution >= 0.6 is 11.6 Å². The van der Waals surface area contributed by atoms with Crippen LogP contribution in [-0.4, -0.2) is 14.8 Å². The highest BCUT2D eigenvalue weighted by atomic mass is 35.5. The van der Waals surface area contributed by atoms with Crippen molar-refractivity contribution in [2.75, 3.05) is 5.32 Å². The number of aryl methyl sites for hydroxylation is 2. The molecular weight excluding hydrogens is 320 g/mol. The second-order valence-corrected chi connectivity index (χ2v) is 6.33. The molecule has 4 aromatic rings. The lowest BCUT2D eigenvalue weighted by molar-refractivity contribution is 0.775. The van der Waals surface area contributed by atoms with Crippen LogP contribution in [0.2, 0.25) is 5.02 Å². The van der Waals surface area contributed by atoms with E-state index in [0.29, 0.717) is 6.54 Å². The molecule has 0 atom stereocenters. The Hall–Kier alpha value is -2.59. The molecule has 0 fully saturated rings. The lowest BCUT2D eigenvalue weighted by atomic mass is 10.1. The molecule has 120 valence electrons. The molecule has 0 saturated carbocycles. The van der Waals surface area contributed by atoms with Crippen molar-refractivity contribution in [2.24, 2.45) is 7.05 Å². The van der Waals surface area contributed by atoms with Crippen molar-refractivity contribution >= 4 is 39.2 Å². The van der Waals surface area contributed by atoms with E-state index in [0.717, 1.165) is 38.3 Å². The number of hydrogen-bond donors (Lipinski definition) is 1. The first-order valence-electron chi connectivity index (χ1n) is 7.84. The molecular formula is C19H17ClN4. The molecule has 0 saturated heterocycles. The molecule has 0 unspecified atom stereocenters. The molecule has 2 aromatic carbocycles. The fourth-order valence-corrected chi connectivity index (χ4v) is 3.20. The summed E-state index contributed by atoms with van der Waals surface area (Å²) >= 11 is 5.97. The van der Waals surface area contributed by atoms with Crippen LogP contribution in [-0.2, 0) is 13.6 Å². The smallest absolute Gasteiger partial charge is 0.160 e. The fraction of sp³-hybridized carbons (Fsp3) is 0.158. The molecule has 0 radical (unpaired) electrons. The second kappa shape index (κ2) is 5.80. The molecule has 0 aliphatic rings. The van der Waals surface area contributed by atoms with E-state index in [1.165, 1.54) is 5.56 Å². The highest BCUT2D eigenvalue weighted by Gasteiger charge is 2.15. The van der Waals surface area contributed by atoms with Crippen LogP contribution in [0.25, 0.3) is 21.9 Å². The average Bonchev–Trinajstić information content (AvgIpc) is 2.87. The Morgan fingerprint density at radius 3 is 2.62 bits per heavy atom. The van der Waals surface area contributed by atoms with Crippen LogP contribution in [0.5, 0.6) is 0 Å².